The number of rotatable bonds is 4. The number of hydrogen-bond donors (Lipinski definition) is 2. The van der Waals surface area contributed by atoms with E-state index in [2.05, 4.69) is 25.4 Å². The molecule has 0 radical (unpaired) electrons. The lowest BCUT2D eigenvalue weighted by atomic mass is 10.4. The average molecular weight is 225 g/mol. The van der Waals surface area contributed by atoms with Crippen LogP contribution in [0.5, 0.6) is 0 Å². The lowest BCUT2D eigenvalue weighted by molar-refractivity contribution is 0.128. The second-order valence-corrected chi connectivity index (χ2v) is 3.81. The van der Waals surface area contributed by atoms with Gasteiger partial charge in [0.25, 0.3) is 0 Å². The molecule has 6 nitrogen and oxygen atoms in total. The number of nitrogens with zero attached hydrogens (tertiary/aromatic N) is 3. The van der Waals surface area contributed by atoms with E-state index in [-0.39, 0.29) is 0 Å². The molecule has 0 amide bonds. The first-order valence-corrected chi connectivity index (χ1v) is 5.85. The molecule has 0 spiro atoms. The zero-order chi connectivity index (χ0) is 11.2. The van der Waals surface area contributed by atoms with Crippen LogP contribution in [0.25, 0.3) is 0 Å². The van der Waals surface area contributed by atoms with Gasteiger partial charge in [-0.3, -0.25) is 5.10 Å². The van der Waals surface area contributed by atoms with Crippen molar-refractivity contribution in [1.29, 1.82) is 0 Å². The third kappa shape index (κ3) is 2.93. The minimum Gasteiger partial charge on any atom is -0.374 e. The van der Waals surface area contributed by atoms with E-state index < -0.39 is 0 Å². The van der Waals surface area contributed by atoms with Crippen molar-refractivity contribution in [1.82, 2.24) is 20.5 Å². The van der Waals surface area contributed by atoms with Crippen LogP contribution in [0.2, 0.25) is 0 Å². The molecule has 16 heavy (non-hydrogen) atoms. The Morgan fingerprint density at radius 1 is 1.38 bits per heavy atom. The zero-order valence-electron chi connectivity index (χ0n) is 9.70. The van der Waals surface area contributed by atoms with Gasteiger partial charge >= 0.3 is 0 Å². The Morgan fingerprint density at radius 3 is 3.19 bits per heavy atom. The molecule has 1 aromatic rings. The molecule has 90 valence electrons. The largest absolute Gasteiger partial charge is 0.374 e. The quantitative estimate of drug-likeness (QED) is 0.763. The molecule has 2 N–H and O–H groups in total. The zero-order valence-corrected chi connectivity index (χ0v) is 9.70. The fourth-order valence-electron chi connectivity index (χ4n) is 1.74. The monoisotopic (exact) mass is 225 g/mol. The Morgan fingerprint density at radius 2 is 2.31 bits per heavy atom. The van der Waals surface area contributed by atoms with Gasteiger partial charge in [0, 0.05) is 26.2 Å². The molecular weight excluding hydrogens is 206 g/mol. The van der Waals surface area contributed by atoms with Gasteiger partial charge in [0.05, 0.1) is 0 Å². The molecule has 1 fully saturated rings. The topological polar surface area (TPSA) is 66.1 Å². The van der Waals surface area contributed by atoms with Crippen LogP contribution >= 0.6 is 0 Å². The Kier molecular flexibility index (Phi) is 4.12. The normalized spacial score (nSPS) is 17.4. The van der Waals surface area contributed by atoms with Gasteiger partial charge in [-0.25, -0.2) is 0 Å². The van der Waals surface area contributed by atoms with Crippen LogP contribution < -0.4 is 10.2 Å². The number of H-pyrrole nitrogens is 1. The highest BCUT2D eigenvalue weighted by atomic mass is 16.5. The molecule has 1 aliphatic rings. The lowest BCUT2D eigenvalue weighted by Crippen LogP contribution is -2.28. The maximum Gasteiger partial charge on any atom is 0.244 e. The SMILES string of the molecule is CCOCc1nc(N2CCCNCC2)n[nH]1. The van der Waals surface area contributed by atoms with Gasteiger partial charge in [-0.05, 0) is 19.9 Å². The van der Waals surface area contributed by atoms with E-state index in [9.17, 15) is 0 Å². The average Bonchev–Trinajstić information content (AvgIpc) is 2.60. The number of aromatic amines is 1. The van der Waals surface area contributed by atoms with Crippen molar-refractivity contribution in [2.45, 2.75) is 20.0 Å². The number of aromatic nitrogens is 3. The van der Waals surface area contributed by atoms with Crippen LogP contribution in [0.3, 0.4) is 0 Å². The number of anilines is 1. The summed E-state index contributed by atoms with van der Waals surface area (Å²) in [5.74, 6) is 1.59. The molecule has 0 saturated carbocycles. The highest BCUT2D eigenvalue weighted by molar-refractivity contribution is 5.28. The van der Waals surface area contributed by atoms with Crippen molar-refractivity contribution in [2.75, 3.05) is 37.7 Å². The molecular formula is C10H19N5O. The summed E-state index contributed by atoms with van der Waals surface area (Å²) < 4.78 is 5.28. The predicted molar refractivity (Wildman–Crippen MR) is 61.4 cm³/mol. The number of nitrogens with one attached hydrogen (secondary N) is 2. The van der Waals surface area contributed by atoms with Crippen molar-refractivity contribution in [3.63, 3.8) is 0 Å². The predicted octanol–water partition coefficient (Wildman–Crippen LogP) is 0.141. The first kappa shape index (κ1) is 11.3. The lowest BCUT2D eigenvalue weighted by Gasteiger charge is -2.16. The number of ether oxygens (including phenoxy) is 1. The molecule has 0 aliphatic carbocycles. The second-order valence-electron chi connectivity index (χ2n) is 3.81. The van der Waals surface area contributed by atoms with Crippen LogP contribution in [-0.4, -0.2) is 48.0 Å². The Bertz CT molecular complexity index is 306. The van der Waals surface area contributed by atoms with Gasteiger partial charge in [-0.1, -0.05) is 0 Å². The van der Waals surface area contributed by atoms with Crippen LogP contribution in [0.4, 0.5) is 5.95 Å². The van der Waals surface area contributed by atoms with Gasteiger partial charge < -0.3 is 15.0 Å². The molecule has 1 aliphatic heterocycles. The third-order valence-corrected chi connectivity index (χ3v) is 2.59. The summed E-state index contributed by atoms with van der Waals surface area (Å²) in [4.78, 5) is 6.62. The van der Waals surface area contributed by atoms with E-state index in [0.29, 0.717) is 13.2 Å². The summed E-state index contributed by atoms with van der Waals surface area (Å²) >= 11 is 0. The molecule has 2 heterocycles. The van der Waals surface area contributed by atoms with Gasteiger partial charge in [-0.2, -0.15) is 4.98 Å². The molecule has 1 aromatic heterocycles. The number of hydrogen-bond acceptors (Lipinski definition) is 5. The molecule has 0 atom stereocenters. The third-order valence-electron chi connectivity index (χ3n) is 2.59. The van der Waals surface area contributed by atoms with E-state index in [1.165, 1.54) is 0 Å². The van der Waals surface area contributed by atoms with Crippen molar-refractivity contribution >= 4 is 5.95 Å². The van der Waals surface area contributed by atoms with E-state index in [1.807, 2.05) is 6.92 Å². The van der Waals surface area contributed by atoms with Gasteiger partial charge in [0.2, 0.25) is 5.95 Å². The highest BCUT2D eigenvalue weighted by Crippen LogP contribution is 2.08. The van der Waals surface area contributed by atoms with Gasteiger partial charge in [-0.15, -0.1) is 5.10 Å². The summed E-state index contributed by atoms with van der Waals surface area (Å²) in [5, 5.41) is 10.5. The second kappa shape index (κ2) is 5.81. The first-order chi connectivity index (χ1) is 7.90. The highest BCUT2D eigenvalue weighted by Gasteiger charge is 2.13. The first-order valence-electron chi connectivity index (χ1n) is 5.85. The fourth-order valence-corrected chi connectivity index (χ4v) is 1.74. The van der Waals surface area contributed by atoms with Crippen molar-refractivity contribution in [3.8, 4) is 0 Å². The molecule has 2 rings (SSSR count). The summed E-state index contributed by atoms with van der Waals surface area (Å²) in [6.45, 7) is 7.23. The maximum absolute atomic E-state index is 5.28. The van der Waals surface area contributed by atoms with Crippen molar-refractivity contribution < 1.29 is 4.74 Å². The minimum absolute atomic E-state index is 0.510. The fraction of sp³-hybridized carbons (Fsp3) is 0.800. The Labute approximate surface area is 95.4 Å². The van der Waals surface area contributed by atoms with Gasteiger partial charge in [0.15, 0.2) is 5.82 Å². The standard InChI is InChI=1S/C10H19N5O/c1-2-16-8-9-12-10(14-13-9)15-6-3-4-11-5-7-15/h11H,2-8H2,1H3,(H,12,13,14). The van der Waals surface area contributed by atoms with Crippen LogP contribution in [-0.2, 0) is 11.3 Å². The van der Waals surface area contributed by atoms with E-state index in [1.54, 1.807) is 0 Å². The minimum atomic E-state index is 0.510. The summed E-state index contributed by atoms with van der Waals surface area (Å²) in [6.07, 6.45) is 1.13. The van der Waals surface area contributed by atoms with E-state index >= 15 is 0 Å². The van der Waals surface area contributed by atoms with Crippen LogP contribution in [0, 0.1) is 0 Å². The van der Waals surface area contributed by atoms with Crippen LogP contribution in [0.15, 0.2) is 0 Å². The summed E-state index contributed by atoms with van der Waals surface area (Å²) in [6, 6.07) is 0. The molecule has 1 saturated heterocycles. The van der Waals surface area contributed by atoms with Crippen LogP contribution in [0.1, 0.15) is 19.2 Å². The smallest absolute Gasteiger partial charge is 0.244 e. The Balaban J connectivity index is 1.94. The van der Waals surface area contributed by atoms with Gasteiger partial charge in [0.1, 0.15) is 6.61 Å². The van der Waals surface area contributed by atoms with E-state index in [4.69, 9.17) is 4.74 Å². The van der Waals surface area contributed by atoms with Crippen molar-refractivity contribution in [3.05, 3.63) is 5.82 Å². The molecule has 6 heteroatoms. The summed E-state index contributed by atoms with van der Waals surface area (Å²) in [7, 11) is 0. The Hall–Kier alpha value is -1.14. The summed E-state index contributed by atoms with van der Waals surface area (Å²) in [5.41, 5.74) is 0. The van der Waals surface area contributed by atoms with Crippen molar-refractivity contribution in [2.24, 2.45) is 0 Å². The molecule has 0 bridgehead atoms. The molecule has 0 unspecified atom stereocenters. The van der Waals surface area contributed by atoms with E-state index in [0.717, 1.165) is 44.4 Å². The molecule has 0 aromatic carbocycles. The maximum atomic E-state index is 5.28.